The fourth-order valence-corrected chi connectivity index (χ4v) is 1.17. The van der Waals surface area contributed by atoms with Crippen LogP contribution in [-0.4, -0.2) is 5.11 Å². The molecule has 1 aromatic rings. The average molecular weight is 262 g/mol. The number of benzene rings is 1. The largest absolute Gasteiger partial charge is 0.419 e. The van der Waals surface area contributed by atoms with Crippen LogP contribution in [0, 0.1) is 5.82 Å². The van der Waals surface area contributed by atoms with Gasteiger partial charge in [0.25, 0.3) is 0 Å². The lowest BCUT2D eigenvalue weighted by molar-refractivity contribution is -0.144. The number of hydrogen-bond acceptors (Lipinski definition) is 1. The summed E-state index contributed by atoms with van der Waals surface area (Å²) in [6.45, 7) is -1.25. The Bertz CT molecular complexity index is 419. The van der Waals surface area contributed by atoms with E-state index < -0.39 is 41.5 Å². The van der Waals surface area contributed by atoms with Gasteiger partial charge in [0.2, 0.25) is 0 Å². The first-order valence-corrected chi connectivity index (χ1v) is 4.15. The molecule has 0 amide bonds. The van der Waals surface area contributed by atoms with Crippen LogP contribution in [0.2, 0.25) is 0 Å². The second-order valence-electron chi connectivity index (χ2n) is 3.15. The molecule has 0 radical (unpaired) electrons. The molecule has 0 saturated heterocycles. The van der Waals surface area contributed by atoms with Crippen molar-refractivity contribution in [3.63, 3.8) is 0 Å². The van der Waals surface area contributed by atoms with Gasteiger partial charge in [-0.05, 0) is 12.1 Å². The van der Waals surface area contributed by atoms with Crippen LogP contribution < -0.4 is 0 Å². The zero-order valence-corrected chi connectivity index (χ0v) is 7.95. The quantitative estimate of drug-likeness (QED) is 0.769. The van der Waals surface area contributed by atoms with Gasteiger partial charge in [-0.2, -0.15) is 26.3 Å². The van der Waals surface area contributed by atoms with E-state index in [1.807, 2.05) is 0 Å². The third-order valence-electron chi connectivity index (χ3n) is 1.95. The maximum Gasteiger partial charge on any atom is 0.419 e. The molecule has 0 bridgehead atoms. The lowest BCUT2D eigenvalue weighted by Gasteiger charge is -2.14. The van der Waals surface area contributed by atoms with Gasteiger partial charge < -0.3 is 5.11 Å². The van der Waals surface area contributed by atoms with Crippen LogP contribution in [0.15, 0.2) is 12.1 Å². The van der Waals surface area contributed by atoms with E-state index in [9.17, 15) is 30.7 Å². The predicted octanol–water partition coefficient (Wildman–Crippen LogP) is 3.36. The van der Waals surface area contributed by atoms with E-state index in [1.165, 1.54) is 0 Å². The molecular formula is C9H5F7O. The first-order chi connectivity index (χ1) is 7.57. The summed E-state index contributed by atoms with van der Waals surface area (Å²) in [6, 6.07) is -0.181. The van der Waals surface area contributed by atoms with Crippen molar-refractivity contribution >= 4 is 0 Å². The Morgan fingerprint density at radius 2 is 1.47 bits per heavy atom. The van der Waals surface area contributed by atoms with Crippen molar-refractivity contribution in [1.82, 2.24) is 0 Å². The number of rotatable bonds is 1. The van der Waals surface area contributed by atoms with Crippen LogP contribution in [0.4, 0.5) is 30.7 Å². The molecular weight excluding hydrogens is 257 g/mol. The topological polar surface area (TPSA) is 20.2 Å². The van der Waals surface area contributed by atoms with Gasteiger partial charge in [-0.25, -0.2) is 4.39 Å². The molecule has 0 spiro atoms. The summed E-state index contributed by atoms with van der Waals surface area (Å²) in [6.07, 6.45) is -10.3. The predicted molar refractivity (Wildman–Crippen MR) is 42.3 cm³/mol. The molecule has 1 aromatic carbocycles. The Balaban J connectivity index is 3.50. The molecule has 1 N–H and O–H groups in total. The molecule has 0 saturated carbocycles. The third-order valence-corrected chi connectivity index (χ3v) is 1.95. The molecule has 0 unspecified atom stereocenters. The molecule has 1 nitrogen and oxygen atoms in total. The van der Waals surface area contributed by atoms with Gasteiger partial charge in [0.05, 0.1) is 17.7 Å². The van der Waals surface area contributed by atoms with E-state index >= 15 is 0 Å². The summed E-state index contributed by atoms with van der Waals surface area (Å²) in [4.78, 5) is 0. The summed E-state index contributed by atoms with van der Waals surface area (Å²) in [5.74, 6) is -1.90. The Morgan fingerprint density at radius 3 is 1.82 bits per heavy atom. The molecule has 0 heterocycles. The van der Waals surface area contributed by atoms with Crippen molar-refractivity contribution in [2.24, 2.45) is 0 Å². The third kappa shape index (κ3) is 2.87. The molecule has 0 atom stereocenters. The minimum atomic E-state index is -5.25. The average Bonchev–Trinajstić information content (AvgIpc) is 2.14. The SMILES string of the molecule is OCc1cc(C(F)(F)F)cc(C(F)(F)F)c1F. The zero-order valence-electron chi connectivity index (χ0n) is 7.95. The summed E-state index contributed by atoms with van der Waals surface area (Å²) in [7, 11) is 0. The fraction of sp³-hybridized carbons (Fsp3) is 0.333. The van der Waals surface area contributed by atoms with Gasteiger partial charge in [-0.1, -0.05) is 0 Å². The van der Waals surface area contributed by atoms with Crippen LogP contribution in [0.1, 0.15) is 16.7 Å². The number of halogens is 7. The Hall–Kier alpha value is -1.31. The first kappa shape index (κ1) is 13.8. The molecule has 0 fully saturated rings. The normalized spacial score (nSPS) is 12.9. The van der Waals surface area contributed by atoms with E-state index in [-0.39, 0.29) is 12.1 Å². The van der Waals surface area contributed by atoms with Gasteiger partial charge >= 0.3 is 12.4 Å². The van der Waals surface area contributed by atoms with Gasteiger partial charge in [-0.15, -0.1) is 0 Å². The number of aliphatic hydroxyl groups is 1. The van der Waals surface area contributed by atoms with Crippen molar-refractivity contribution in [1.29, 1.82) is 0 Å². The first-order valence-electron chi connectivity index (χ1n) is 4.15. The number of aliphatic hydroxyl groups excluding tert-OH is 1. The van der Waals surface area contributed by atoms with Crippen molar-refractivity contribution in [3.05, 3.63) is 34.6 Å². The van der Waals surface area contributed by atoms with Gasteiger partial charge in [0.15, 0.2) is 0 Å². The fourth-order valence-electron chi connectivity index (χ4n) is 1.17. The van der Waals surface area contributed by atoms with E-state index in [1.54, 1.807) is 0 Å². The Labute approximate surface area is 90.5 Å². The van der Waals surface area contributed by atoms with Crippen LogP contribution in [0.5, 0.6) is 0 Å². The minimum Gasteiger partial charge on any atom is -0.392 e. The van der Waals surface area contributed by atoms with E-state index in [4.69, 9.17) is 5.11 Å². The van der Waals surface area contributed by atoms with E-state index in [0.717, 1.165) is 0 Å². The van der Waals surface area contributed by atoms with Gasteiger partial charge in [0.1, 0.15) is 5.82 Å². The Morgan fingerprint density at radius 1 is 0.941 bits per heavy atom. The van der Waals surface area contributed by atoms with Gasteiger partial charge in [0, 0.05) is 5.56 Å². The maximum atomic E-state index is 13.1. The van der Waals surface area contributed by atoms with Crippen LogP contribution in [0.3, 0.4) is 0 Å². The molecule has 17 heavy (non-hydrogen) atoms. The van der Waals surface area contributed by atoms with Crippen molar-refractivity contribution in [3.8, 4) is 0 Å². The summed E-state index contributed by atoms with van der Waals surface area (Å²) in [5, 5.41) is 8.52. The maximum absolute atomic E-state index is 13.1. The smallest absolute Gasteiger partial charge is 0.392 e. The summed E-state index contributed by atoms with van der Waals surface area (Å²) >= 11 is 0. The van der Waals surface area contributed by atoms with Crippen molar-refractivity contribution < 1.29 is 35.8 Å². The van der Waals surface area contributed by atoms with Crippen LogP contribution in [-0.2, 0) is 19.0 Å². The molecule has 0 aromatic heterocycles. The number of alkyl halides is 6. The van der Waals surface area contributed by atoms with E-state index in [0.29, 0.717) is 0 Å². The second-order valence-corrected chi connectivity index (χ2v) is 3.15. The second kappa shape index (κ2) is 4.17. The van der Waals surface area contributed by atoms with Crippen LogP contribution in [0.25, 0.3) is 0 Å². The molecule has 0 aliphatic carbocycles. The molecule has 96 valence electrons. The summed E-state index contributed by atoms with van der Waals surface area (Å²) < 4.78 is 86.5. The highest BCUT2D eigenvalue weighted by molar-refractivity contribution is 5.35. The zero-order chi connectivity index (χ0) is 13.4. The molecule has 8 heteroatoms. The Kier molecular flexibility index (Phi) is 3.37. The minimum absolute atomic E-state index is 0.143. The number of hydrogen-bond donors (Lipinski definition) is 1. The lowest BCUT2D eigenvalue weighted by atomic mass is 10.0. The lowest BCUT2D eigenvalue weighted by Crippen LogP contribution is -2.15. The van der Waals surface area contributed by atoms with E-state index in [2.05, 4.69) is 0 Å². The molecule has 0 aliphatic heterocycles. The van der Waals surface area contributed by atoms with Crippen molar-refractivity contribution in [2.75, 3.05) is 0 Å². The monoisotopic (exact) mass is 262 g/mol. The highest BCUT2D eigenvalue weighted by Gasteiger charge is 2.39. The summed E-state index contributed by atoms with van der Waals surface area (Å²) in [5.41, 5.74) is -4.75. The molecule has 1 rings (SSSR count). The standard InChI is InChI=1S/C9H5F7O/c10-7-4(3-17)1-5(8(11,12)13)2-6(7)9(14,15)16/h1-2,17H,3H2. The van der Waals surface area contributed by atoms with Crippen molar-refractivity contribution in [2.45, 2.75) is 19.0 Å². The highest BCUT2D eigenvalue weighted by Crippen LogP contribution is 2.38. The van der Waals surface area contributed by atoms with Gasteiger partial charge in [-0.3, -0.25) is 0 Å². The molecule has 0 aliphatic rings. The highest BCUT2D eigenvalue weighted by atomic mass is 19.4. The van der Waals surface area contributed by atoms with Crippen LogP contribution >= 0.6 is 0 Å².